The molecule has 0 radical (unpaired) electrons. The third-order valence-electron chi connectivity index (χ3n) is 2.36. The lowest BCUT2D eigenvalue weighted by atomic mass is 10.2. The molecule has 0 bridgehead atoms. The molecule has 3 aromatic rings. The van der Waals surface area contributed by atoms with Crippen LogP contribution in [0.1, 0.15) is 0 Å². The van der Waals surface area contributed by atoms with Crippen molar-refractivity contribution in [3.63, 3.8) is 0 Å². The number of benzene rings is 1. The Morgan fingerprint density at radius 3 is 2.32 bits per heavy atom. The van der Waals surface area contributed by atoms with Gasteiger partial charge in [0.15, 0.2) is 5.03 Å². The third kappa shape index (κ3) is 3.64. The van der Waals surface area contributed by atoms with Crippen molar-refractivity contribution in [1.82, 2.24) is 9.97 Å². The Morgan fingerprint density at radius 1 is 1.00 bits per heavy atom. The van der Waals surface area contributed by atoms with Gasteiger partial charge in [-0.15, -0.1) is 0 Å². The summed E-state index contributed by atoms with van der Waals surface area (Å²) in [6, 6.07) is 14.8. The van der Waals surface area contributed by atoms with E-state index in [-0.39, 0.29) is 5.03 Å². The fourth-order valence-electron chi connectivity index (χ4n) is 1.49. The Bertz CT molecular complexity index is 687. The maximum atomic E-state index is 10.2. The normalized spacial score (nSPS) is 10.8. The molecule has 1 aromatic carbocycles. The summed E-state index contributed by atoms with van der Waals surface area (Å²) >= 11 is 0. The quantitative estimate of drug-likeness (QED) is 0.669. The van der Waals surface area contributed by atoms with Gasteiger partial charge in [0.1, 0.15) is 0 Å². The largest absolute Gasteiger partial charge is 0.350 e. The van der Waals surface area contributed by atoms with E-state index in [1.54, 1.807) is 0 Å². The maximum absolute atomic E-state index is 10.2. The topological polar surface area (TPSA) is 83.0 Å². The molecule has 0 aliphatic heterocycles. The minimum atomic E-state index is -4.02. The molecule has 0 spiro atoms. The number of fused-ring (bicyclic) bond motifs is 1. The van der Waals surface area contributed by atoms with Gasteiger partial charge in [-0.1, -0.05) is 24.3 Å². The molecule has 0 aliphatic carbocycles. The van der Waals surface area contributed by atoms with Crippen molar-refractivity contribution in [2.24, 2.45) is 0 Å². The Labute approximate surface area is 110 Å². The minimum absolute atomic E-state index is 0.178. The Morgan fingerprint density at radius 2 is 1.74 bits per heavy atom. The number of hydrogen-bond acceptors (Lipinski definition) is 3. The summed E-state index contributed by atoms with van der Waals surface area (Å²) in [6.07, 6.45) is 3.23. The summed E-state index contributed by atoms with van der Waals surface area (Å²) in [6.45, 7) is 0. The van der Waals surface area contributed by atoms with Crippen LogP contribution in [0.4, 0.5) is 0 Å². The molecule has 0 saturated carbocycles. The van der Waals surface area contributed by atoms with E-state index in [1.165, 1.54) is 23.7 Å². The van der Waals surface area contributed by atoms with E-state index in [2.05, 4.69) is 22.1 Å². The van der Waals surface area contributed by atoms with E-state index in [4.69, 9.17) is 4.55 Å². The second kappa shape index (κ2) is 5.64. The monoisotopic (exact) mass is 276 g/mol. The van der Waals surface area contributed by atoms with Crippen LogP contribution in [0.15, 0.2) is 66.0 Å². The second-order valence-corrected chi connectivity index (χ2v) is 5.10. The number of nitrogens with zero attached hydrogens (tertiary/aromatic N) is 1. The molecule has 19 heavy (non-hydrogen) atoms. The minimum Gasteiger partial charge on any atom is -0.350 e. The van der Waals surface area contributed by atoms with Crippen LogP contribution in [-0.2, 0) is 10.1 Å². The molecule has 6 heteroatoms. The fraction of sp³-hybridized carbons (Fsp3) is 0. The van der Waals surface area contributed by atoms with Crippen molar-refractivity contribution in [3.8, 4) is 0 Å². The van der Waals surface area contributed by atoms with Gasteiger partial charge >= 0.3 is 10.1 Å². The summed E-state index contributed by atoms with van der Waals surface area (Å²) in [5.74, 6) is 0. The lowest BCUT2D eigenvalue weighted by Crippen LogP contribution is -1.96. The summed E-state index contributed by atoms with van der Waals surface area (Å²) in [5.41, 5.74) is 1.06. The molecule has 2 heterocycles. The molecule has 0 saturated heterocycles. The van der Waals surface area contributed by atoms with E-state index in [0.717, 1.165) is 5.52 Å². The number of para-hydroxylation sites is 1. The average molecular weight is 276 g/mol. The van der Waals surface area contributed by atoms with Gasteiger partial charge in [0.05, 0.1) is 5.52 Å². The number of pyridine rings is 1. The van der Waals surface area contributed by atoms with Crippen LogP contribution < -0.4 is 0 Å². The van der Waals surface area contributed by atoms with Gasteiger partial charge in [-0.05, 0) is 24.3 Å². The highest BCUT2D eigenvalue weighted by atomic mass is 32.2. The lowest BCUT2D eigenvalue weighted by Gasteiger charge is -1.91. The smallest absolute Gasteiger partial charge is 0.310 e. The standard InChI is InChI=1S/C9H7N.C4H5NO3S/c1-2-6-9-8(4-1)5-3-7-10-9;6-9(7,8)4-2-1-3-5-4/h1-7H;1-3,5H,(H,6,7,8). The summed E-state index contributed by atoms with van der Waals surface area (Å²) < 4.78 is 28.8. The molecule has 2 aromatic heterocycles. The highest BCUT2D eigenvalue weighted by Crippen LogP contribution is 2.07. The molecule has 0 unspecified atom stereocenters. The first-order chi connectivity index (χ1) is 9.07. The first-order valence-electron chi connectivity index (χ1n) is 5.48. The van der Waals surface area contributed by atoms with Crippen molar-refractivity contribution in [2.45, 2.75) is 5.03 Å². The number of aromatic nitrogens is 2. The summed E-state index contributed by atoms with van der Waals surface area (Å²) in [4.78, 5) is 6.52. The van der Waals surface area contributed by atoms with Gasteiger partial charge < -0.3 is 4.98 Å². The second-order valence-electron chi connectivity index (χ2n) is 3.71. The number of nitrogens with one attached hydrogen (secondary N) is 1. The predicted octanol–water partition coefficient (Wildman–Crippen LogP) is 2.50. The molecule has 0 atom stereocenters. The van der Waals surface area contributed by atoms with Gasteiger partial charge in [0, 0.05) is 17.8 Å². The van der Waals surface area contributed by atoms with E-state index in [0.29, 0.717) is 0 Å². The predicted molar refractivity (Wildman–Crippen MR) is 72.4 cm³/mol. The Hall–Kier alpha value is -2.18. The average Bonchev–Trinajstić information content (AvgIpc) is 2.93. The molecule has 3 rings (SSSR count). The van der Waals surface area contributed by atoms with E-state index >= 15 is 0 Å². The fourth-order valence-corrected chi connectivity index (χ4v) is 1.96. The zero-order chi connectivity index (χ0) is 13.7. The highest BCUT2D eigenvalue weighted by molar-refractivity contribution is 7.85. The first-order valence-corrected chi connectivity index (χ1v) is 6.92. The van der Waals surface area contributed by atoms with Crippen molar-refractivity contribution >= 4 is 21.0 Å². The SMILES string of the molecule is O=S(=O)(O)c1ccc[nH]1.c1ccc2ncccc2c1. The highest BCUT2D eigenvalue weighted by Gasteiger charge is 2.07. The number of rotatable bonds is 1. The number of H-pyrrole nitrogens is 1. The Balaban J connectivity index is 0.000000141. The molecule has 98 valence electrons. The maximum Gasteiger partial charge on any atom is 0.310 e. The third-order valence-corrected chi connectivity index (χ3v) is 3.17. The van der Waals surface area contributed by atoms with Crippen LogP contribution in [0.25, 0.3) is 10.9 Å². The van der Waals surface area contributed by atoms with Crippen LogP contribution in [0, 0.1) is 0 Å². The number of hydrogen-bond donors (Lipinski definition) is 2. The molecule has 2 N–H and O–H groups in total. The summed E-state index contributed by atoms with van der Waals surface area (Å²) in [7, 11) is -4.02. The molecule has 0 aliphatic rings. The van der Waals surface area contributed by atoms with E-state index in [9.17, 15) is 8.42 Å². The van der Waals surface area contributed by atoms with Gasteiger partial charge in [-0.25, -0.2) is 0 Å². The molecule has 0 fully saturated rings. The van der Waals surface area contributed by atoms with E-state index in [1.807, 2.05) is 30.5 Å². The van der Waals surface area contributed by atoms with Crippen LogP contribution in [-0.4, -0.2) is 22.9 Å². The molecule has 0 amide bonds. The van der Waals surface area contributed by atoms with Crippen molar-refractivity contribution in [3.05, 3.63) is 60.9 Å². The summed E-state index contributed by atoms with van der Waals surface area (Å²) in [5, 5.41) is 1.02. The molecule has 5 nitrogen and oxygen atoms in total. The van der Waals surface area contributed by atoms with Crippen molar-refractivity contribution in [1.29, 1.82) is 0 Å². The van der Waals surface area contributed by atoms with Gasteiger partial charge in [-0.3, -0.25) is 9.54 Å². The molecular formula is C13H12N2O3S. The number of aromatic amines is 1. The van der Waals surface area contributed by atoms with Crippen molar-refractivity contribution < 1.29 is 13.0 Å². The van der Waals surface area contributed by atoms with Gasteiger partial charge in [-0.2, -0.15) is 8.42 Å². The Kier molecular flexibility index (Phi) is 3.94. The van der Waals surface area contributed by atoms with Crippen LogP contribution in [0.3, 0.4) is 0 Å². The first kappa shape index (κ1) is 13.3. The van der Waals surface area contributed by atoms with Crippen LogP contribution >= 0.6 is 0 Å². The molecular weight excluding hydrogens is 264 g/mol. The zero-order valence-corrected chi connectivity index (χ0v) is 10.7. The van der Waals surface area contributed by atoms with Gasteiger partial charge in [0.2, 0.25) is 0 Å². The van der Waals surface area contributed by atoms with Crippen LogP contribution in [0.5, 0.6) is 0 Å². The zero-order valence-electron chi connectivity index (χ0n) is 9.89. The van der Waals surface area contributed by atoms with Crippen LogP contribution in [0.2, 0.25) is 0 Å². The lowest BCUT2D eigenvalue weighted by molar-refractivity contribution is 0.480. The van der Waals surface area contributed by atoms with Gasteiger partial charge in [0.25, 0.3) is 0 Å². The van der Waals surface area contributed by atoms with Crippen molar-refractivity contribution in [2.75, 3.05) is 0 Å². The van der Waals surface area contributed by atoms with E-state index < -0.39 is 10.1 Å².